The highest BCUT2D eigenvalue weighted by atomic mass is 32.2. The Morgan fingerprint density at radius 3 is 2.03 bits per heavy atom. The molecular weight excluding hydrogens is 460 g/mol. The van der Waals surface area contributed by atoms with Crippen LogP contribution in [0.3, 0.4) is 0 Å². The molecule has 10 heteroatoms. The third kappa shape index (κ3) is 8.08. The van der Waals surface area contributed by atoms with Gasteiger partial charge in [0.2, 0.25) is 20.0 Å². The summed E-state index contributed by atoms with van der Waals surface area (Å²) in [5, 5.41) is 1.71. The predicted octanol–water partition coefficient (Wildman–Crippen LogP) is 2.26. The van der Waals surface area contributed by atoms with Crippen LogP contribution in [0.15, 0.2) is 54.6 Å². The molecule has 0 saturated carbocycles. The van der Waals surface area contributed by atoms with Crippen molar-refractivity contribution >= 4 is 25.7 Å². The first-order valence-corrected chi connectivity index (χ1v) is 14.6. The molecule has 1 fully saturated rings. The van der Waals surface area contributed by atoms with Crippen LogP contribution in [0.25, 0.3) is 0 Å². The van der Waals surface area contributed by atoms with Crippen molar-refractivity contribution in [2.75, 3.05) is 43.9 Å². The summed E-state index contributed by atoms with van der Waals surface area (Å²) < 4.78 is 50.7. The summed E-state index contributed by atoms with van der Waals surface area (Å²) in [5.41, 5.74) is 2.76. The van der Waals surface area contributed by atoms with E-state index in [-0.39, 0.29) is 11.7 Å². The maximum Gasteiger partial charge on any atom is 0.221 e. The van der Waals surface area contributed by atoms with Gasteiger partial charge in [0.05, 0.1) is 12.0 Å². The minimum atomic E-state index is -3.46. The van der Waals surface area contributed by atoms with Gasteiger partial charge in [-0.25, -0.2) is 21.8 Å². The molecule has 0 amide bonds. The smallest absolute Gasteiger partial charge is 0.221 e. The molecule has 0 aliphatic carbocycles. The molecule has 0 bridgehead atoms. The number of benzene rings is 2. The van der Waals surface area contributed by atoms with Crippen molar-refractivity contribution in [3.05, 3.63) is 65.7 Å². The fourth-order valence-electron chi connectivity index (χ4n) is 3.87. The summed E-state index contributed by atoms with van der Waals surface area (Å²) in [5.74, 6) is 0.205. The molecule has 1 saturated heterocycles. The number of nitrogens with zero attached hydrogens (tertiary/aromatic N) is 3. The van der Waals surface area contributed by atoms with Crippen LogP contribution in [-0.4, -0.2) is 65.1 Å². The predicted molar refractivity (Wildman–Crippen MR) is 133 cm³/mol. The molecule has 0 unspecified atom stereocenters. The van der Waals surface area contributed by atoms with Crippen LogP contribution in [0.5, 0.6) is 0 Å². The lowest BCUT2D eigenvalue weighted by Gasteiger charge is -2.35. The second-order valence-corrected chi connectivity index (χ2v) is 12.6. The summed E-state index contributed by atoms with van der Waals surface area (Å²) in [7, 11) is -6.72. The van der Waals surface area contributed by atoms with Gasteiger partial charge in [0, 0.05) is 45.0 Å². The third-order valence-electron chi connectivity index (χ3n) is 5.39. The van der Waals surface area contributed by atoms with E-state index in [1.807, 2.05) is 68.4 Å². The fourth-order valence-corrected chi connectivity index (χ4v) is 6.19. The Kier molecular flexibility index (Phi) is 8.52. The van der Waals surface area contributed by atoms with Crippen LogP contribution in [-0.2, 0) is 32.3 Å². The average Bonchev–Trinajstić information content (AvgIpc) is 2.73. The van der Waals surface area contributed by atoms with Crippen molar-refractivity contribution in [1.29, 1.82) is 0 Å². The molecule has 1 N–H and O–H groups in total. The van der Waals surface area contributed by atoms with Crippen LogP contribution in [0.2, 0.25) is 0 Å². The highest BCUT2D eigenvalue weighted by molar-refractivity contribution is 7.88. The van der Waals surface area contributed by atoms with E-state index in [0.29, 0.717) is 39.3 Å². The Morgan fingerprint density at radius 2 is 1.48 bits per heavy atom. The number of hydrogen-bond donors (Lipinski definition) is 1. The molecule has 1 aliphatic rings. The number of rotatable bonds is 10. The van der Waals surface area contributed by atoms with E-state index in [9.17, 15) is 16.8 Å². The van der Waals surface area contributed by atoms with Gasteiger partial charge in [-0.2, -0.15) is 4.31 Å². The van der Waals surface area contributed by atoms with E-state index in [1.165, 1.54) is 0 Å². The molecular formula is C23H34N4O4S2. The van der Waals surface area contributed by atoms with E-state index in [0.717, 1.165) is 23.1 Å². The van der Waals surface area contributed by atoms with E-state index in [1.54, 1.807) is 9.31 Å². The zero-order valence-electron chi connectivity index (χ0n) is 19.5. The molecule has 1 heterocycles. The van der Waals surface area contributed by atoms with Gasteiger partial charge in [0.25, 0.3) is 0 Å². The lowest BCUT2D eigenvalue weighted by molar-refractivity contribution is 0.227. The normalized spacial score (nSPS) is 16.0. The molecule has 0 radical (unpaired) electrons. The third-order valence-corrected chi connectivity index (χ3v) is 7.74. The van der Waals surface area contributed by atoms with E-state index in [2.05, 4.69) is 9.73 Å². The number of hydrogen-bond acceptors (Lipinski definition) is 6. The first-order valence-electron chi connectivity index (χ1n) is 11.1. The highest BCUT2D eigenvalue weighted by Gasteiger charge is 2.24. The Morgan fingerprint density at radius 1 is 0.879 bits per heavy atom. The van der Waals surface area contributed by atoms with E-state index < -0.39 is 20.0 Å². The van der Waals surface area contributed by atoms with Crippen molar-refractivity contribution in [3.63, 3.8) is 0 Å². The van der Waals surface area contributed by atoms with Gasteiger partial charge in [-0.05, 0) is 29.2 Å². The molecule has 0 atom stereocenters. The Labute approximate surface area is 198 Å². The highest BCUT2D eigenvalue weighted by Crippen LogP contribution is 2.21. The molecule has 8 nitrogen and oxygen atoms in total. The first kappa shape index (κ1) is 25.6. The zero-order chi connectivity index (χ0) is 24.1. The van der Waals surface area contributed by atoms with Gasteiger partial charge in [-0.3, -0.25) is 0 Å². The molecule has 0 spiro atoms. The maximum atomic E-state index is 13.1. The summed E-state index contributed by atoms with van der Waals surface area (Å²) in [6, 6.07) is 17.2. The van der Waals surface area contributed by atoms with Gasteiger partial charge in [0.1, 0.15) is 0 Å². The van der Waals surface area contributed by atoms with Gasteiger partial charge in [-0.15, -0.1) is 4.83 Å². The number of sulfonamides is 2. The Hall–Kier alpha value is -1.98. The van der Waals surface area contributed by atoms with Crippen molar-refractivity contribution in [1.82, 2.24) is 14.1 Å². The molecule has 33 heavy (non-hydrogen) atoms. The van der Waals surface area contributed by atoms with Crippen LogP contribution in [0.1, 0.15) is 25.0 Å². The number of hydrazine groups is 1. The van der Waals surface area contributed by atoms with Crippen molar-refractivity contribution in [2.24, 2.45) is 5.92 Å². The van der Waals surface area contributed by atoms with E-state index >= 15 is 0 Å². The molecule has 2 aromatic carbocycles. The standard InChI is InChI=1S/C23H34N4O4S2/c1-20(2)17-27(33(30,31)19-22-7-5-4-6-8-22)18-21-9-11-23(12-10-21)25-13-15-26(16-14-25)24-32(3,28)29/h4-12,20,24H,13-19H2,1-3H3. The van der Waals surface area contributed by atoms with Crippen molar-refractivity contribution in [2.45, 2.75) is 26.1 Å². The second kappa shape index (κ2) is 11.0. The second-order valence-electron chi connectivity index (χ2n) is 8.93. The number of piperazine rings is 1. The van der Waals surface area contributed by atoms with Gasteiger partial charge >= 0.3 is 0 Å². The average molecular weight is 495 g/mol. The summed E-state index contributed by atoms with van der Waals surface area (Å²) >= 11 is 0. The van der Waals surface area contributed by atoms with Crippen LogP contribution >= 0.6 is 0 Å². The summed E-state index contributed by atoms with van der Waals surface area (Å²) in [4.78, 5) is 4.72. The molecule has 1 aliphatic heterocycles. The first-order chi connectivity index (χ1) is 15.5. The van der Waals surface area contributed by atoms with Gasteiger partial charge < -0.3 is 4.90 Å². The Bertz CT molecular complexity index is 1100. The largest absolute Gasteiger partial charge is 0.369 e. The van der Waals surface area contributed by atoms with Gasteiger partial charge in [0.15, 0.2) is 0 Å². The fraction of sp³-hybridized carbons (Fsp3) is 0.478. The molecule has 0 aromatic heterocycles. The zero-order valence-corrected chi connectivity index (χ0v) is 21.1. The quantitative estimate of drug-likeness (QED) is 0.545. The topological polar surface area (TPSA) is 90.0 Å². The minimum Gasteiger partial charge on any atom is -0.369 e. The summed E-state index contributed by atoms with van der Waals surface area (Å²) in [6.07, 6.45) is 1.15. The van der Waals surface area contributed by atoms with Crippen molar-refractivity contribution < 1.29 is 16.8 Å². The van der Waals surface area contributed by atoms with Crippen LogP contribution < -0.4 is 9.73 Å². The molecule has 182 valence electrons. The SMILES string of the molecule is CC(C)CN(Cc1ccc(N2CCN(NS(C)(=O)=O)CC2)cc1)S(=O)(=O)Cc1ccccc1. The summed E-state index contributed by atoms with van der Waals surface area (Å²) in [6.45, 7) is 7.42. The number of anilines is 1. The van der Waals surface area contributed by atoms with Crippen LogP contribution in [0, 0.1) is 5.92 Å². The Balaban J connectivity index is 1.65. The van der Waals surface area contributed by atoms with E-state index in [4.69, 9.17) is 0 Å². The minimum absolute atomic E-state index is 0.00949. The molecule has 3 rings (SSSR count). The lowest BCUT2D eigenvalue weighted by atomic mass is 10.1. The monoisotopic (exact) mass is 494 g/mol. The van der Waals surface area contributed by atoms with Crippen molar-refractivity contribution in [3.8, 4) is 0 Å². The van der Waals surface area contributed by atoms with Crippen LogP contribution in [0.4, 0.5) is 5.69 Å². The molecule has 2 aromatic rings. The number of nitrogens with one attached hydrogen (secondary N) is 1. The maximum absolute atomic E-state index is 13.1. The lowest BCUT2D eigenvalue weighted by Crippen LogP contribution is -2.53. The van der Waals surface area contributed by atoms with Gasteiger partial charge in [-0.1, -0.05) is 56.3 Å².